The molecule has 116 valence electrons. The first-order valence-electron chi connectivity index (χ1n) is 7.41. The van der Waals surface area contributed by atoms with Gasteiger partial charge in [0.25, 0.3) is 0 Å². The summed E-state index contributed by atoms with van der Waals surface area (Å²) < 4.78 is 27.8. The molecular formula is C17H19NO3S. The minimum Gasteiger partial charge on any atom is -0.391 e. The molecule has 2 atom stereocenters. The van der Waals surface area contributed by atoms with Crippen LogP contribution >= 0.6 is 0 Å². The first-order chi connectivity index (χ1) is 10.6. The third-order valence-corrected chi connectivity index (χ3v) is 5.51. The molecule has 1 aliphatic carbocycles. The van der Waals surface area contributed by atoms with Crippen LogP contribution in [0.2, 0.25) is 0 Å². The van der Waals surface area contributed by atoms with Crippen LogP contribution in [-0.4, -0.2) is 19.6 Å². The molecule has 0 aliphatic heterocycles. The molecule has 0 amide bonds. The lowest BCUT2D eigenvalue weighted by molar-refractivity contribution is 0.129. The second-order valence-electron chi connectivity index (χ2n) is 5.57. The summed E-state index contributed by atoms with van der Waals surface area (Å²) >= 11 is 0. The summed E-state index contributed by atoms with van der Waals surface area (Å²) in [6.07, 6.45) is 1.57. The number of aryl methyl sites for hydroxylation is 1. The number of hydrogen-bond donors (Lipinski definition) is 2. The van der Waals surface area contributed by atoms with E-state index in [4.69, 9.17) is 0 Å². The van der Waals surface area contributed by atoms with Gasteiger partial charge in [-0.3, -0.25) is 0 Å². The number of hydrogen-bond acceptors (Lipinski definition) is 3. The average molecular weight is 317 g/mol. The SMILES string of the molecule is O=S(=O)(N[C@@H]1c2ccccc2CCC[C@H]1O)c1ccccc1. The Kier molecular flexibility index (Phi) is 4.29. The van der Waals surface area contributed by atoms with E-state index in [1.54, 1.807) is 30.3 Å². The molecule has 0 saturated heterocycles. The van der Waals surface area contributed by atoms with Crippen molar-refractivity contribution in [2.75, 3.05) is 0 Å². The fraction of sp³-hybridized carbons (Fsp3) is 0.294. The monoisotopic (exact) mass is 317 g/mol. The molecule has 0 heterocycles. The van der Waals surface area contributed by atoms with E-state index in [0.717, 1.165) is 24.0 Å². The number of rotatable bonds is 3. The molecule has 22 heavy (non-hydrogen) atoms. The van der Waals surface area contributed by atoms with E-state index in [1.165, 1.54) is 0 Å². The first-order valence-corrected chi connectivity index (χ1v) is 8.89. The van der Waals surface area contributed by atoms with Crippen molar-refractivity contribution < 1.29 is 13.5 Å². The average Bonchev–Trinajstić information content (AvgIpc) is 2.68. The number of aliphatic hydroxyl groups is 1. The van der Waals surface area contributed by atoms with Crippen LogP contribution in [0.3, 0.4) is 0 Å². The predicted octanol–water partition coefficient (Wildman–Crippen LogP) is 2.40. The van der Waals surface area contributed by atoms with Crippen LogP contribution in [-0.2, 0) is 16.4 Å². The summed E-state index contributed by atoms with van der Waals surface area (Å²) in [6.45, 7) is 0. The van der Waals surface area contributed by atoms with E-state index in [2.05, 4.69) is 4.72 Å². The smallest absolute Gasteiger partial charge is 0.241 e. The molecule has 2 aromatic carbocycles. The van der Waals surface area contributed by atoms with Crippen LogP contribution < -0.4 is 4.72 Å². The zero-order chi connectivity index (χ0) is 15.6. The summed E-state index contributed by atoms with van der Waals surface area (Å²) in [5.41, 5.74) is 1.96. The molecule has 0 bridgehead atoms. The van der Waals surface area contributed by atoms with Gasteiger partial charge in [-0.2, -0.15) is 0 Å². The van der Waals surface area contributed by atoms with Gasteiger partial charge in [-0.25, -0.2) is 13.1 Å². The lowest BCUT2D eigenvalue weighted by Crippen LogP contribution is -2.36. The van der Waals surface area contributed by atoms with Crippen molar-refractivity contribution in [1.29, 1.82) is 0 Å². The molecule has 0 fully saturated rings. The van der Waals surface area contributed by atoms with Crippen LogP contribution in [0.25, 0.3) is 0 Å². The highest BCUT2D eigenvalue weighted by molar-refractivity contribution is 7.89. The van der Waals surface area contributed by atoms with Gasteiger partial charge >= 0.3 is 0 Å². The molecule has 0 saturated carbocycles. The van der Waals surface area contributed by atoms with Crippen molar-refractivity contribution in [3.8, 4) is 0 Å². The summed E-state index contributed by atoms with van der Waals surface area (Å²) in [6, 6.07) is 15.4. The Bertz CT molecular complexity index is 744. The van der Waals surface area contributed by atoms with Crippen LogP contribution in [0.4, 0.5) is 0 Å². The van der Waals surface area contributed by atoms with Crippen molar-refractivity contribution in [2.24, 2.45) is 0 Å². The quantitative estimate of drug-likeness (QED) is 0.854. The Balaban J connectivity index is 1.97. The van der Waals surface area contributed by atoms with Gasteiger partial charge in [-0.15, -0.1) is 0 Å². The summed E-state index contributed by atoms with van der Waals surface area (Å²) in [5, 5.41) is 10.4. The third-order valence-electron chi connectivity index (χ3n) is 4.06. The first kappa shape index (κ1) is 15.2. The molecule has 0 unspecified atom stereocenters. The molecule has 0 spiro atoms. The van der Waals surface area contributed by atoms with Crippen molar-refractivity contribution in [3.63, 3.8) is 0 Å². The Hall–Kier alpha value is -1.69. The van der Waals surface area contributed by atoms with Gasteiger partial charge in [0.05, 0.1) is 17.0 Å². The number of benzene rings is 2. The zero-order valence-corrected chi connectivity index (χ0v) is 13.0. The maximum absolute atomic E-state index is 12.5. The zero-order valence-electron chi connectivity index (χ0n) is 12.1. The molecule has 4 nitrogen and oxygen atoms in total. The van der Waals surface area contributed by atoms with Crippen molar-refractivity contribution in [1.82, 2.24) is 4.72 Å². The second kappa shape index (κ2) is 6.20. The summed E-state index contributed by atoms with van der Waals surface area (Å²) in [7, 11) is -3.66. The fourth-order valence-corrected chi connectivity index (χ4v) is 4.19. The Morgan fingerprint density at radius 1 is 1.00 bits per heavy atom. The van der Waals surface area contributed by atoms with Crippen LogP contribution in [0.15, 0.2) is 59.5 Å². The molecule has 5 heteroatoms. The van der Waals surface area contributed by atoms with Crippen LogP contribution in [0.5, 0.6) is 0 Å². The van der Waals surface area contributed by atoms with Gasteiger partial charge in [0, 0.05) is 0 Å². The highest BCUT2D eigenvalue weighted by Crippen LogP contribution is 2.30. The summed E-state index contributed by atoms with van der Waals surface area (Å²) in [4.78, 5) is 0.212. The topological polar surface area (TPSA) is 66.4 Å². The van der Waals surface area contributed by atoms with Crippen LogP contribution in [0.1, 0.15) is 30.0 Å². The van der Waals surface area contributed by atoms with Gasteiger partial charge in [0.1, 0.15) is 0 Å². The standard InChI is InChI=1S/C17H19NO3S/c19-16-12-6-8-13-7-4-5-11-15(13)17(16)18-22(20,21)14-9-2-1-3-10-14/h1-5,7,9-11,16-19H,6,8,12H2/t16-,17-/m1/s1. The maximum Gasteiger partial charge on any atom is 0.241 e. The molecule has 2 aromatic rings. The maximum atomic E-state index is 12.5. The largest absolute Gasteiger partial charge is 0.391 e. The Morgan fingerprint density at radius 2 is 1.68 bits per heavy atom. The van der Waals surface area contributed by atoms with Gasteiger partial charge in [-0.05, 0) is 42.5 Å². The minimum absolute atomic E-state index is 0.212. The van der Waals surface area contributed by atoms with E-state index in [0.29, 0.717) is 6.42 Å². The van der Waals surface area contributed by atoms with Gasteiger partial charge < -0.3 is 5.11 Å². The number of nitrogens with one attached hydrogen (secondary N) is 1. The molecular weight excluding hydrogens is 298 g/mol. The van der Waals surface area contributed by atoms with E-state index < -0.39 is 22.2 Å². The van der Waals surface area contributed by atoms with E-state index in [9.17, 15) is 13.5 Å². The van der Waals surface area contributed by atoms with Gasteiger partial charge in [0.2, 0.25) is 10.0 Å². The molecule has 2 N–H and O–H groups in total. The van der Waals surface area contributed by atoms with Gasteiger partial charge in [-0.1, -0.05) is 42.5 Å². The van der Waals surface area contributed by atoms with Crippen LogP contribution in [0, 0.1) is 0 Å². The Labute approximate surface area is 130 Å². The fourth-order valence-electron chi connectivity index (χ4n) is 2.92. The molecule has 0 radical (unpaired) electrons. The molecule has 3 rings (SSSR count). The second-order valence-corrected chi connectivity index (χ2v) is 7.28. The summed E-state index contributed by atoms with van der Waals surface area (Å²) in [5.74, 6) is 0. The number of fused-ring (bicyclic) bond motifs is 1. The lowest BCUT2D eigenvalue weighted by Gasteiger charge is -2.23. The minimum atomic E-state index is -3.66. The normalized spacial score (nSPS) is 21.9. The third kappa shape index (κ3) is 3.06. The highest BCUT2D eigenvalue weighted by Gasteiger charge is 2.30. The molecule has 1 aliphatic rings. The van der Waals surface area contributed by atoms with E-state index in [-0.39, 0.29) is 4.90 Å². The van der Waals surface area contributed by atoms with Gasteiger partial charge in [0.15, 0.2) is 0 Å². The van der Waals surface area contributed by atoms with E-state index in [1.807, 2.05) is 24.3 Å². The molecule has 0 aromatic heterocycles. The van der Waals surface area contributed by atoms with Crippen molar-refractivity contribution in [2.45, 2.75) is 36.3 Å². The Morgan fingerprint density at radius 3 is 2.45 bits per heavy atom. The number of sulfonamides is 1. The number of aliphatic hydroxyl groups excluding tert-OH is 1. The lowest BCUT2D eigenvalue weighted by atomic mass is 9.99. The van der Waals surface area contributed by atoms with E-state index >= 15 is 0 Å². The van der Waals surface area contributed by atoms with Crippen molar-refractivity contribution >= 4 is 10.0 Å². The highest BCUT2D eigenvalue weighted by atomic mass is 32.2. The van der Waals surface area contributed by atoms with Crippen molar-refractivity contribution in [3.05, 3.63) is 65.7 Å². The predicted molar refractivity (Wildman–Crippen MR) is 84.9 cm³/mol.